The van der Waals surface area contributed by atoms with Crippen molar-refractivity contribution < 1.29 is 14.3 Å². The Balaban J connectivity index is 2.28. The van der Waals surface area contributed by atoms with Crippen LogP contribution in [0.25, 0.3) is 6.08 Å². The molecule has 0 heterocycles. The minimum atomic E-state index is -0.144. The summed E-state index contributed by atoms with van der Waals surface area (Å²) in [5.41, 5.74) is 0.942. The summed E-state index contributed by atoms with van der Waals surface area (Å²) in [6, 6.07) is 7.60. The predicted molar refractivity (Wildman–Crippen MR) is 87.6 cm³/mol. The molecule has 1 aromatic carbocycles. The first kappa shape index (κ1) is 17.8. The molecule has 1 rings (SSSR count). The summed E-state index contributed by atoms with van der Waals surface area (Å²) < 4.78 is 5.50. The van der Waals surface area contributed by atoms with Gasteiger partial charge in [0.25, 0.3) is 0 Å². The van der Waals surface area contributed by atoms with Gasteiger partial charge in [0.15, 0.2) is 0 Å². The van der Waals surface area contributed by atoms with Gasteiger partial charge in [-0.25, -0.2) is 0 Å². The van der Waals surface area contributed by atoms with E-state index in [-0.39, 0.29) is 11.8 Å². The quantitative estimate of drug-likeness (QED) is 0.542. The van der Waals surface area contributed by atoms with Crippen LogP contribution in [-0.4, -0.2) is 31.5 Å². The highest BCUT2D eigenvalue weighted by atomic mass is 16.5. The van der Waals surface area contributed by atoms with Gasteiger partial charge in [-0.15, -0.1) is 0 Å². The van der Waals surface area contributed by atoms with E-state index in [0.717, 1.165) is 17.7 Å². The number of ether oxygens (including phenoxy) is 1. The molecule has 0 radical (unpaired) electrons. The Hall–Kier alpha value is -2.30. The molecule has 1 aromatic rings. The minimum absolute atomic E-state index is 0.0578. The van der Waals surface area contributed by atoms with E-state index in [9.17, 15) is 9.59 Å². The number of amides is 2. The molecule has 120 valence electrons. The Morgan fingerprint density at radius 2 is 1.82 bits per heavy atom. The van der Waals surface area contributed by atoms with Gasteiger partial charge in [-0.05, 0) is 36.6 Å². The number of hydrogen-bond donors (Lipinski definition) is 2. The van der Waals surface area contributed by atoms with Crippen LogP contribution in [-0.2, 0) is 9.59 Å². The summed E-state index contributed by atoms with van der Waals surface area (Å²) in [5.74, 6) is 0.633. The fourth-order valence-electron chi connectivity index (χ4n) is 1.69. The molecule has 2 N–H and O–H groups in total. The molecule has 0 unspecified atom stereocenters. The van der Waals surface area contributed by atoms with E-state index in [1.807, 2.05) is 24.3 Å². The average Bonchev–Trinajstić information content (AvgIpc) is 2.51. The van der Waals surface area contributed by atoms with Gasteiger partial charge in [0.1, 0.15) is 5.75 Å². The van der Waals surface area contributed by atoms with Gasteiger partial charge < -0.3 is 15.4 Å². The van der Waals surface area contributed by atoms with Crippen molar-refractivity contribution in [3.63, 3.8) is 0 Å². The molecule has 0 atom stereocenters. The van der Waals surface area contributed by atoms with E-state index in [1.54, 1.807) is 6.08 Å². The summed E-state index contributed by atoms with van der Waals surface area (Å²) in [7, 11) is 0. The summed E-state index contributed by atoms with van der Waals surface area (Å²) in [6.07, 6.45) is 4.94. The van der Waals surface area contributed by atoms with E-state index in [4.69, 9.17) is 4.74 Å². The van der Waals surface area contributed by atoms with Gasteiger partial charge in [0.2, 0.25) is 11.8 Å². The second kappa shape index (κ2) is 10.4. The fourth-order valence-corrected chi connectivity index (χ4v) is 1.69. The third-order valence-corrected chi connectivity index (χ3v) is 2.81. The Morgan fingerprint density at radius 1 is 1.14 bits per heavy atom. The van der Waals surface area contributed by atoms with Crippen LogP contribution in [0.15, 0.2) is 30.3 Å². The number of hydrogen-bond acceptors (Lipinski definition) is 3. The zero-order chi connectivity index (χ0) is 16.2. The van der Waals surface area contributed by atoms with Gasteiger partial charge in [-0.3, -0.25) is 9.59 Å². The second-order valence-electron chi connectivity index (χ2n) is 4.88. The maximum absolute atomic E-state index is 11.6. The van der Waals surface area contributed by atoms with Gasteiger partial charge in [0, 0.05) is 26.1 Å². The Labute approximate surface area is 131 Å². The molecule has 5 heteroatoms. The summed E-state index contributed by atoms with van der Waals surface area (Å²) in [6.45, 7) is 5.34. The molecule has 5 nitrogen and oxygen atoms in total. The van der Waals surface area contributed by atoms with Crippen LogP contribution in [0.3, 0.4) is 0 Å². The molecule has 0 aliphatic carbocycles. The van der Waals surface area contributed by atoms with Crippen LogP contribution in [0.5, 0.6) is 5.75 Å². The smallest absolute Gasteiger partial charge is 0.244 e. The normalized spacial score (nSPS) is 10.5. The monoisotopic (exact) mass is 304 g/mol. The lowest BCUT2D eigenvalue weighted by Crippen LogP contribution is -2.27. The van der Waals surface area contributed by atoms with Crippen molar-refractivity contribution in [3.8, 4) is 5.75 Å². The number of carbonyl (C=O) groups excluding carboxylic acids is 2. The molecule has 0 aliphatic heterocycles. The first-order chi connectivity index (χ1) is 10.6. The van der Waals surface area contributed by atoms with Crippen molar-refractivity contribution in [3.05, 3.63) is 35.9 Å². The largest absolute Gasteiger partial charge is 0.494 e. The molecule has 0 fully saturated rings. The van der Waals surface area contributed by atoms with E-state index in [1.165, 1.54) is 13.0 Å². The van der Waals surface area contributed by atoms with Gasteiger partial charge in [0.05, 0.1) is 6.61 Å². The highest BCUT2D eigenvalue weighted by molar-refractivity contribution is 5.91. The second-order valence-corrected chi connectivity index (χ2v) is 4.88. The topological polar surface area (TPSA) is 67.4 Å². The third-order valence-electron chi connectivity index (χ3n) is 2.81. The molecule has 0 aromatic heterocycles. The molecule has 0 aliphatic rings. The standard InChI is InChI=1S/C17H24N2O3/c1-3-13-22-16-8-5-15(6-9-16)7-10-17(21)19-12-4-11-18-14(2)20/h5-10H,3-4,11-13H2,1-2H3,(H,18,20)(H,19,21)/b10-7+. The molecule has 0 saturated carbocycles. The minimum Gasteiger partial charge on any atom is -0.494 e. The zero-order valence-corrected chi connectivity index (χ0v) is 13.2. The Morgan fingerprint density at radius 3 is 2.45 bits per heavy atom. The van der Waals surface area contributed by atoms with Gasteiger partial charge >= 0.3 is 0 Å². The first-order valence-corrected chi connectivity index (χ1v) is 7.55. The van der Waals surface area contributed by atoms with Crippen LogP contribution in [0, 0.1) is 0 Å². The van der Waals surface area contributed by atoms with Crippen LogP contribution in [0.2, 0.25) is 0 Å². The number of benzene rings is 1. The summed E-state index contributed by atoms with van der Waals surface area (Å²) in [4.78, 5) is 22.3. The lowest BCUT2D eigenvalue weighted by molar-refractivity contribution is -0.119. The highest BCUT2D eigenvalue weighted by Crippen LogP contribution is 2.13. The molecule has 0 spiro atoms. The highest BCUT2D eigenvalue weighted by Gasteiger charge is 1.96. The molecular weight excluding hydrogens is 280 g/mol. The van der Waals surface area contributed by atoms with Crippen molar-refractivity contribution in [2.45, 2.75) is 26.7 Å². The van der Waals surface area contributed by atoms with Crippen molar-refractivity contribution in [1.29, 1.82) is 0 Å². The molecule has 2 amide bonds. The Kier molecular flexibility index (Phi) is 8.42. The molecule has 0 bridgehead atoms. The van der Waals surface area contributed by atoms with E-state index in [2.05, 4.69) is 17.6 Å². The van der Waals surface area contributed by atoms with Gasteiger partial charge in [-0.1, -0.05) is 19.1 Å². The van der Waals surface area contributed by atoms with E-state index >= 15 is 0 Å². The zero-order valence-electron chi connectivity index (χ0n) is 13.2. The number of nitrogens with one attached hydrogen (secondary N) is 2. The van der Waals surface area contributed by atoms with Crippen LogP contribution in [0.4, 0.5) is 0 Å². The van der Waals surface area contributed by atoms with Crippen molar-refractivity contribution in [2.75, 3.05) is 19.7 Å². The van der Waals surface area contributed by atoms with Crippen molar-refractivity contribution >= 4 is 17.9 Å². The van der Waals surface area contributed by atoms with E-state index in [0.29, 0.717) is 26.1 Å². The summed E-state index contributed by atoms with van der Waals surface area (Å²) in [5, 5.41) is 5.44. The summed E-state index contributed by atoms with van der Waals surface area (Å²) >= 11 is 0. The average molecular weight is 304 g/mol. The van der Waals surface area contributed by atoms with Crippen molar-refractivity contribution in [1.82, 2.24) is 10.6 Å². The predicted octanol–water partition coefficient (Wildman–Crippen LogP) is 2.13. The third kappa shape index (κ3) is 8.09. The molecule has 22 heavy (non-hydrogen) atoms. The fraction of sp³-hybridized carbons (Fsp3) is 0.412. The van der Waals surface area contributed by atoms with Gasteiger partial charge in [-0.2, -0.15) is 0 Å². The lowest BCUT2D eigenvalue weighted by atomic mass is 10.2. The Bertz CT molecular complexity index is 495. The first-order valence-electron chi connectivity index (χ1n) is 7.55. The maximum atomic E-state index is 11.6. The lowest BCUT2D eigenvalue weighted by Gasteiger charge is -2.04. The van der Waals surface area contributed by atoms with Crippen LogP contribution >= 0.6 is 0 Å². The number of rotatable bonds is 9. The van der Waals surface area contributed by atoms with E-state index < -0.39 is 0 Å². The van der Waals surface area contributed by atoms with Crippen LogP contribution in [0.1, 0.15) is 32.3 Å². The van der Waals surface area contributed by atoms with Crippen molar-refractivity contribution in [2.24, 2.45) is 0 Å². The maximum Gasteiger partial charge on any atom is 0.244 e. The molecular formula is C17H24N2O3. The SMILES string of the molecule is CCCOc1ccc(/C=C/C(=O)NCCCNC(C)=O)cc1. The number of carbonyl (C=O) groups is 2. The van der Waals surface area contributed by atoms with Crippen LogP contribution < -0.4 is 15.4 Å². The molecule has 0 saturated heterocycles.